The fraction of sp³-hybridized carbons (Fsp3) is 0.226. The number of sulfone groups is 1. The van der Waals surface area contributed by atoms with Gasteiger partial charge in [0.1, 0.15) is 15.9 Å². The van der Waals surface area contributed by atoms with Crippen LogP contribution in [-0.2, 0) is 30.6 Å². The van der Waals surface area contributed by atoms with Gasteiger partial charge in [-0.25, -0.2) is 13.4 Å². The lowest BCUT2D eigenvalue weighted by molar-refractivity contribution is -0.384. The molecule has 2 heterocycles. The van der Waals surface area contributed by atoms with Crippen LogP contribution in [0.5, 0.6) is 0 Å². The zero-order valence-corrected chi connectivity index (χ0v) is 24.9. The van der Waals surface area contributed by atoms with Crippen LogP contribution in [-0.4, -0.2) is 35.8 Å². The zero-order valence-electron chi connectivity index (χ0n) is 23.2. The van der Waals surface area contributed by atoms with Gasteiger partial charge in [0.25, 0.3) is 11.6 Å². The first kappa shape index (κ1) is 29.9. The third-order valence-corrected chi connectivity index (χ3v) is 10.6. The van der Waals surface area contributed by atoms with E-state index in [0.29, 0.717) is 23.3 Å². The molecule has 2 unspecified atom stereocenters. The number of Topliss-reactive ketones (excluding diaryl/α,β-unsaturated/α-hetero) is 2. The molecule has 220 valence electrons. The molecular formula is C31H27N3O7S2. The van der Waals surface area contributed by atoms with Crippen LogP contribution in [0.1, 0.15) is 48.9 Å². The number of non-ortho nitro benzene ring substituents is 1. The summed E-state index contributed by atoms with van der Waals surface area (Å²) in [7, 11) is -4.14. The van der Waals surface area contributed by atoms with Crippen LogP contribution in [0, 0.1) is 16.0 Å². The van der Waals surface area contributed by atoms with Crippen LogP contribution in [0.4, 0.5) is 10.8 Å². The number of carbonyl (C=O) groups excluding carboxylic acids is 3. The summed E-state index contributed by atoms with van der Waals surface area (Å²) in [5, 5.41) is 10.9. The number of carbonyl (C=O) groups is 3. The van der Waals surface area contributed by atoms with Crippen molar-refractivity contribution in [3.8, 4) is 0 Å². The molecule has 5 rings (SSSR count). The second kappa shape index (κ2) is 12.0. The van der Waals surface area contributed by atoms with E-state index in [1.807, 2.05) is 56.3 Å². The van der Waals surface area contributed by atoms with Crippen molar-refractivity contribution in [3.05, 3.63) is 112 Å². The van der Waals surface area contributed by atoms with Gasteiger partial charge in [0.2, 0.25) is 15.6 Å². The molecule has 4 aromatic rings. The van der Waals surface area contributed by atoms with Crippen molar-refractivity contribution >= 4 is 49.5 Å². The fourth-order valence-corrected chi connectivity index (χ4v) is 7.59. The number of aryl methyl sites for hydroxylation is 1. The Balaban J connectivity index is 1.51. The first-order valence-corrected chi connectivity index (χ1v) is 15.8. The lowest BCUT2D eigenvalue weighted by Gasteiger charge is -2.25. The lowest BCUT2D eigenvalue weighted by atomic mass is 9.86. The van der Waals surface area contributed by atoms with Crippen LogP contribution in [0.15, 0.2) is 94.2 Å². The van der Waals surface area contributed by atoms with Gasteiger partial charge in [-0.3, -0.25) is 29.4 Å². The average molecular weight is 618 g/mol. The van der Waals surface area contributed by atoms with Gasteiger partial charge < -0.3 is 0 Å². The summed E-state index contributed by atoms with van der Waals surface area (Å²) in [4.78, 5) is 55.9. The summed E-state index contributed by atoms with van der Waals surface area (Å²) in [6.45, 7) is 4.06. The number of anilines is 1. The SMILES string of the molecule is CC(C)c1ccc(C2C(C(=O)CCc3ccccc3)C(=O)C(=O)N2c2ncc(S(=O)(=O)c3ccc([N+](=O)[O-])cc3)s2)cc1. The van der Waals surface area contributed by atoms with E-state index in [2.05, 4.69) is 4.98 Å². The number of rotatable bonds is 10. The van der Waals surface area contributed by atoms with Crippen molar-refractivity contribution in [2.24, 2.45) is 5.92 Å². The molecule has 1 aliphatic rings. The highest BCUT2D eigenvalue weighted by Gasteiger charge is 2.52. The number of thiazole rings is 1. The Hall–Kier alpha value is -4.55. The highest BCUT2D eigenvalue weighted by atomic mass is 32.2. The lowest BCUT2D eigenvalue weighted by Crippen LogP contribution is -2.30. The number of nitrogens with zero attached hydrogens (tertiary/aromatic N) is 3. The van der Waals surface area contributed by atoms with Crippen LogP contribution in [0.3, 0.4) is 0 Å². The molecule has 0 spiro atoms. The van der Waals surface area contributed by atoms with Crippen molar-refractivity contribution in [2.75, 3.05) is 4.90 Å². The van der Waals surface area contributed by atoms with E-state index in [0.717, 1.165) is 46.5 Å². The quantitative estimate of drug-likeness (QED) is 0.0984. The topological polar surface area (TPSA) is 145 Å². The number of ketones is 2. The number of hydrogen-bond donors (Lipinski definition) is 0. The van der Waals surface area contributed by atoms with E-state index in [1.54, 1.807) is 12.1 Å². The minimum Gasteiger partial charge on any atom is -0.299 e. The van der Waals surface area contributed by atoms with Gasteiger partial charge in [-0.15, -0.1) is 0 Å². The van der Waals surface area contributed by atoms with Crippen molar-refractivity contribution < 1.29 is 27.7 Å². The number of amides is 1. The molecule has 43 heavy (non-hydrogen) atoms. The maximum atomic E-state index is 13.6. The molecule has 1 aliphatic heterocycles. The maximum absolute atomic E-state index is 13.6. The summed E-state index contributed by atoms with van der Waals surface area (Å²) < 4.78 is 26.4. The Bertz CT molecular complexity index is 1800. The number of nitro groups is 1. The van der Waals surface area contributed by atoms with Gasteiger partial charge in [-0.2, -0.15) is 0 Å². The highest BCUT2D eigenvalue weighted by Crippen LogP contribution is 2.43. The average Bonchev–Trinajstić information content (AvgIpc) is 3.60. The van der Waals surface area contributed by atoms with E-state index in [1.165, 1.54) is 0 Å². The smallest absolute Gasteiger partial charge is 0.297 e. The summed E-state index contributed by atoms with van der Waals surface area (Å²) in [5.74, 6) is -3.26. The summed E-state index contributed by atoms with van der Waals surface area (Å²) in [6.07, 6.45) is 1.52. The maximum Gasteiger partial charge on any atom is 0.297 e. The summed E-state index contributed by atoms with van der Waals surface area (Å²) in [5.41, 5.74) is 2.24. The van der Waals surface area contributed by atoms with Gasteiger partial charge >= 0.3 is 0 Å². The second-order valence-electron chi connectivity index (χ2n) is 10.5. The third kappa shape index (κ3) is 5.88. The summed E-state index contributed by atoms with van der Waals surface area (Å²) >= 11 is 0.687. The molecule has 10 nitrogen and oxygen atoms in total. The van der Waals surface area contributed by atoms with E-state index in [9.17, 15) is 32.9 Å². The largest absolute Gasteiger partial charge is 0.299 e. The predicted octanol–water partition coefficient (Wildman–Crippen LogP) is 5.48. The fourth-order valence-electron chi connectivity index (χ4n) is 5.04. The molecule has 1 fully saturated rings. The standard InChI is InChI=1S/C31H27N3O7S2/c1-19(2)21-9-11-22(12-10-21)28-27(25(35)17-8-20-6-4-3-5-7-20)29(36)30(37)33(28)31-32-18-26(42-31)43(40,41)24-15-13-23(14-16-24)34(38)39/h3-7,9-16,18-19,27-28H,8,17H2,1-2H3. The monoisotopic (exact) mass is 617 g/mol. The van der Waals surface area contributed by atoms with E-state index >= 15 is 0 Å². The Kier molecular flexibility index (Phi) is 8.34. The van der Waals surface area contributed by atoms with E-state index in [4.69, 9.17) is 0 Å². The highest BCUT2D eigenvalue weighted by molar-refractivity contribution is 7.93. The van der Waals surface area contributed by atoms with Crippen LogP contribution < -0.4 is 4.90 Å². The minimum absolute atomic E-state index is 0.0414. The number of benzene rings is 3. The normalized spacial score (nSPS) is 17.0. The van der Waals surface area contributed by atoms with E-state index < -0.39 is 44.2 Å². The van der Waals surface area contributed by atoms with Crippen LogP contribution in [0.2, 0.25) is 0 Å². The molecule has 12 heteroatoms. The van der Waals surface area contributed by atoms with Gasteiger partial charge in [0.15, 0.2) is 5.13 Å². The van der Waals surface area contributed by atoms with Crippen molar-refractivity contribution in [3.63, 3.8) is 0 Å². The van der Waals surface area contributed by atoms with Crippen molar-refractivity contribution in [2.45, 2.75) is 47.8 Å². The zero-order chi connectivity index (χ0) is 30.9. The molecular weight excluding hydrogens is 590 g/mol. The number of nitro benzene ring substituents is 1. The molecule has 2 atom stereocenters. The summed E-state index contributed by atoms with van der Waals surface area (Å²) in [6, 6.07) is 20.1. The molecule has 1 aromatic heterocycles. The van der Waals surface area contributed by atoms with Gasteiger partial charge in [0, 0.05) is 18.6 Å². The van der Waals surface area contributed by atoms with Gasteiger partial charge in [-0.05, 0) is 41.2 Å². The molecule has 0 bridgehead atoms. The third-order valence-electron chi connectivity index (χ3n) is 7.40. The van der Waals surface area contributed by atoms with Gasteiger partial charge in [0.05, 0.1) is 22.1 Å². The Morgan fingerprint density at radius 3 is 2.26 bits per heavy atom. The number of hydrogen-bond acceptors (Lipinski definition) is 9. The Morgan fingerprint density at radius 2 is 1.65 bits per heavy atom. The Morgan fingerprint density at radius 1 is 1.00 bits per heavy atom. The van der Waals surface area contributed by atoms with Crippen molar-refractivity contribution in [1.82, 2.24) is 4.98 Å². The second-order valence-corrected chi connectivity index (χ2v) is 13.6. The minimum atomic E-state index is -4.14. The van der Waals surface area contributed by atoms with Gasteiger partial charge in [-0.1, -0.05) is 79.8 Å². The van der Waals surface area contributed by atoms with Crippen LogP contribution >= 0.6 is 11.3 Å². The Labute approximate surface area is 252 Å². The first-order chi connectivity index (χ1) is 20.5. The number of aromatic nitrogens is 1. The molecule has 0 radical (unpaired) electrons. The molecule has 0 saturated carbocycles. The van der Waals surface area contributed by atoms with Crippen molar-refractivity contribution in [1.29, 1.82) is 0 Å². The first-order valence-electron chi connectivity index (χ1n) is 13.5. The predicted molar refractivity (Wildman–Crippen MR) is 160 cm³/mol. The molecule has 0 aliphatic carbocycles. The molecule has 1 saturated heterocycles. The molecule has 3 aromatic carbocycles. The van der Waals surface area contributed by atoms with Crippen LogP contribution in [0.25, 0.3) is 0 Å². The van der Waals surface area contributed by atoms with E-state index in [-0.39, 0.29) is 32.3 Å². The molecule has 1 amide bonds. The molecule has 0 N–H and O–H groups in total.